The number of piperidine rings is 1. The van der Waals surface area contributed by atoms with Gasteiger partial charge in [-0.05, 0) is 55.0 Å². The van der Waals surface area contributed by atoms with Crippen molar-refractivity contribution >= 4 is 23.0 Å². The minimum absolute atomic E-state index is 0.137. The Kier molecular flexibility index (Phi) is 4.98. The smallest absolute Gasteiger partial charge is 0.255 e. The third kappa shape index (κ3) is 3.95. The lowest BCUT2D eigenvalue weighted by Gasteiger charge is -2.37. The van der Waals surface area contributed by atoms with Gasteiger partial charge in [0, 0.05) is 24.3 Å². The van der Waals surface area contributed by atoms with Crippen LogP contribution in [0.4, 0.5) is 17.1 Å². The first-order chi connectivity index (χ1) is 11.9. The number of nitrogens with one attached hydrogen (secondary N) is 1. The summed E-state index contributed by atoms with van der Waals surface area (Å²) in [5.74, 6) is 1.20. The molecule has 1 amide bonds. The molecule has 1 aliphatic rings. The molecule has 0 spiro atoms. The van der Waals surface area contributed by atoms with Gasteiger partial charge in [0.1, 0.15) is 0 Å². The van der Waals surface area contributed by atoms with Gasteiger partial charge in [-0.15, -0.1) is 0 Å². The number of amides is 1. The molecule has 1 aliphatic heterocycles. The monoisotopic (exact) mass is 337 g/mol. The number of hydrogen-bond donors (Lipinski definition) is 2. The predicted octanol–water partition coefficient (Wildman–Crippen LogP) is 4.31. The van der Waals surface area contributed by atoms with Crippen LogP contribution in [0.1, 0.15) is 36.2 Å². The molecule has 0 bridgehead atoms. The van der Waals surface area contributed by atoms with Crippen molar-refractivity contribution in [3.8, 4) is 0 Å². The highest BCUT2D eigenvalue weighted by atomic mass is 16.1. The second kappa shape index (κ2) is 7.18. The van der Waals surface area contributed by atoms with Gasteiger partial charge in [-0.3, -0.25) is 4.79 Å². The maximum atomic E-state index is 12.5. The van der Waals surface area contributed by atoms with Crippen molar-refractivity contribution in [3.63, 3.8) is 0 Å². The number of benzene rings is 2. The van der Waals surface area contributed by atoms with E-state index in [0.717, 1.165) is 24.3 Å². The summed E-state index contributed by atoms with van der Waals surface area (Å²) in [7, 11) is 0. The van der Waals surface area contributed by atoms with Crippen LogP contribution in [0.5, 0.6) is 0 Å². The number of nitrogens with zero attached hydrogens (tertiary/aromatic N) is 1. The summed E-state index contributed by atoms with van der Waals surface area (Å²) in [5.41, 5.74) is 10.4. The SMILES string of the molecule is Cc1cc(N)c(NC(=O)c2ccccc2)cc1N1C[C@H](C)C[C@H](C)C1. The van der Waals surface area contributed by atoms with Crippen LogP contribution in [0.25, 0.3) is 0 Å². The fraction of sp³-hybridized carbons (Fsp3) is 0.381. The molecular weight excluding hydrogens is 310 g/mol. The molecule has 2 aromatic rings. The Morgan fingerprint density at radius 3 is 2.40 bits per heavy atom. The molecule has 1 heterocycles. The molecule has 0 aromatic heterocycles. The highest BCUT2D eigenvalue weighted by Gasteiger charge is 2.23. The lowest BCUT2D eigenvalue weighted by Crippen LogP contribution is -2.39. The number of rotatable bonds is 3. The van der Waals surface area contributed by atoms with Gasteiger partial charge in [0.2, 0.25) is 0 Å². The Bertz CT molecular complexity index is 747. The van der Waals surface area contributed by atoms with Crippen molar-refractivity contribution in [1.29, 1.82) is 0 Å². The molecule has 0 saturated carbocycles. The van der Waals surface area contributed by atoms with Gasteiger partial charge in [-0.25, -0.2) is 0 Å². The minimum Gasteiger partial charge on any atom is -0.397 e. The molecular formula is C21H27N3O. The maximum absolute atomic E-state index is 12.5. The van der Waals surface area contributed by atoms with E-state index in [1.165, 1.54) is 6.42 Å². The number of nitrogen functional groups attached to an aromatic ring is 1. The molecule has 0 aliphatic carbocycles. The van der Waals surface area contributed by atoms with E-state index in [-0.39, 0.29) is 5.91 Å². The first kappa shape index (κ1) is 17.3. The van der Waals surface area contributed by atoms with E-state index in [9.17, 15) is 4.79 Å². The van der Waals surface area contributed by atoms with E-state index in [0.29, 0.717) is 28.8 Å². The molecule has 1 saturated heterocycles. The number of carbonyl (C=O) groups excluding carboxylic acids is 1. The lowest BCUT2D eigenvalue weighted by molar-refractivity contribution is 0.102. The van der Waals surface area contributed by atoms with Crippen molar-refractivity contribution in [2.24, 2.45) is 11.8 Å². The number of anilines is 3. The molecule has 1 fully saturated rings. The fourth-order valence-corrected chi connectivity index (χ4v) is 3.81. The minimum atomic E-state index is -0.137. The van der Waals surface area contributed by atoms with Crippen LogP contribution in [0.2, 0.25) is 0 Å². The molecule has 3 N–H and O–H groups in total. The van der Waals surface area contributed by atoms with E-state index in [1.54, 1.807) is 12.1 Å². The summed E-state index contributed by atoms with van der Waals surface area (Å²) in [6, 6.07) is 13.2. The highest BCUT2D eigenvalue weighted by molar-refractivity contribution is 6.06. The van der Waals surface area contributed by atoms with Gasteiger partial charge in [-0.1, -0.05) is 32.0 Å². The molecule has 4 nitrogen and oxygen atoms in total. The van der Waals surface area contributed by atoms with Crippen LogP contribution in [0.15, 0.2) is 42.5 Å². The summed E-state index contributed by atoms with van der Waals surface area (Å²) in [6.45, 7) is 8.77. The Labute approximate surface area is 150 Å². The van der Waals surface area contributed by atoms with E-state index in [4.69, 9.17) is 5.73 Å². The second-order valence-electron chi connectivity index (χ2n) is 7.40. The average molecular weight is 337 g/mol. The number of aryl methyl sites for hydroxylation is 1. The second-order valence-corrected chi connectivity index (χ2v) is 7.40. The summed E-state index contributed by atoms with van der Waals surface area (Å²) >= 11 is 0. The van der Waals surface area contributed by atoms with Gasteiger partial charge in [0.25, 0.3) is 5.91 Å². The zero-order valence-corrected chi connectivity index (χ0v) is 15.3. The fourth-order valence-electron chi connectivity index (χ4n) is 3.81. The van der Waals surface area contributed by atoms with Crippen LogP contribution >= 0.6 is 0 Å². The third-order valence-corrected chi connectivity index (χ3v) is 4.86. The third-order valence-electron chi connectivity index (χ3n) is 4.86. The van der Waals surface area contributed by atoms with Crippen LogP contribution in [-0.4, -0.2) is 19.0 Å². The van der Waals surface area contributed by atoms with Gasteiger partial charge in [0.15, 0.2) is 0 Å². The Balaban J connectivity index is 1.87. The number of carbonyl (C=O) groups is 1. The predicted molar refractivity (Wildman–Crippen MR) is 105 cm³/mol. The molecule has 2 aromatic carbocycles. The quantitative estimate of drug-likeness (QED) is 0.821. The number of nitrogens with two attached hydrogens (primary N) is 1. The average Bonchev–Trinajstić information content (AvgIpc) is 2.57. The molecule has 3 rings (SSSR count). The van der Waals surface area contributed by atoms with E-state index < -0.39 is 0 Å². The van der Waals surface area contributed by atoms with E-state index in [2.05, 4.69) is 31.0 Å². The topological polar surface area (TPSA) is 58.4 Å². The first-order valence-corrected chi connectivity index (χ1v) is 8.95. The molecule has 25 heavy (non-hydrogen) atoms. The number of hydrogen-bond acceptors (Lipinski definition) is 3. The van der Waals surface area contributed by atoms with Crippen molar-refractivity contribution in [1.82, 2.24) is 0 Å². The molecule has 0 radical (unpaired) electrons. The summed E-state index contributed by atoms with van der Waals surface area (Å²) in [5, 5.41) is 2.97. The van der Waals surface area contributed by atoms with Crippen LogP contribution < -0.4 is 16.0 Å². The van der Waals surface area contributed by atoms with Gasteiger partial charge < -0.3 is 16.0 Å². The molecule has 4 heteroatoms. The molecule has 132 valence electrons. The van der Waals surface area contributed by atoms with E-state index in [1.807, 2.05) is 30.3 Å². The largest absolute Gasteiger partial charge is 0.397 e. The van der Waals surface area contributed by atoms with Crippen LogP contribution in [0, 0.1) is 18.8 Å². The molecule has 2 atom stereocenters. The Morgan fingerprint density at radius 2 is 1.76 bits per heavy atom. The summed E-state index contributed by atoms with van der Waals surface area (Å²) < 4.78 is 0. The van der Waals surface area contributed by atoms with Crippen molar-refractivity contribution < 1.29 is 4.79 Å². The summed E-state index contributed by atoms with van der Waals surface area (Å²) in [4.78, 5) is 14.9. The van der Waals surface area contributed by atoms with Crippen LogP contribution in [-0.2, 0) is 0 Å². The van der Waals surface area contributed by atoms with Crippen molar-refractivity contribution in [3.05, 3.63) is 53.6 Å². The van der Waals surface area contributed by atoms with Crippen LogP contribution in [0.3, 0.4) is 0 Å². The zero-order chi connectivity index (χ0) is 18.0. The maximum Gasteiger partial charge on any atom is 0.255 e. The molecule has 0 unspecified atom stereocenters. The van der Waals surface area contributed by atoms with Gasteiger partial charge >= 0.3 is 0 Å². The van der Waals surface area contributed by atoms with Gasteiger partial charge in [0.05, 0.1) is 11.4 Å². The first-order valence-electron chi connectivity index (χ1n) is 8.95. The van der Waals surface area contributed by atoms with Crippen molar-refractivity contribution in [2.45, 2.75) is 27.2 Å². The summed E-state index contributed by atoms with van der Waals surface area (Å²) in [6.07, 6.45) is 1.27. The highest BCUT2D eigenvalue weighted by Crippen LogP contribution is 2.33. The zero-order valence-electron chi connectivity index (χ0n) is 15.3. The Hall–Kier alpha value is -2.49. The van der Waals surface area contributed by atoms with Crippen molar-refractivity contribution in [2.75, 3.05) is 29.0 Å². The standard InChI is InChI=1S/C21H27N3O/c1-14-9-15(2)13-24(12-14)20-11-19(18(22)10-16(20)3)23-21(25)17-7-5-4-6-8-17/h4-8,10-11,14-15H,9,12-13,22H2,1-3H3,(H,23,25)/t14-,15+. The normalized spacial score (nSPS) is 20.4. The van der Waals surface area contributed by atoms with E-state index >= 15 is 0 Å². The lowest BCUT2D eigenvalue weighted by atomic mass is 9.91. The van der Waals surface area contributed by atoms with Gasteiger partial charge in [-0.2, -0.15) is 0 Å². The Morgan fingerprint density at radius 1 is 1.12 bits per heavy atom.